The van der Waals surface area contributed by atoms with Gasteiger partial charge < -0.3 is 4.90 Å². The first-order chi connectivity index (χ1) is 8.97. The second kappa shape index (κ2) is 5.64. The summed E-state index contributed by atoms with van der Waals surface area (Å²) in [5.41, 5.74) is 2.50. The van der Waals surface area contributed by atoms with Gasteiger partial charge in [0.1, 0.15) is 0 Å². The van der Waals surface area contributed by atoms with E-state index < -0.39 is 0 Å². The van der Waals surface area contributed by atoms with E-state index in [9.17, 15) is 0 Å². The van der Waals surface area contributed by atoms with Crippen LogP contribution in [0.5, 0.6) is 0 Å². The van der Waals surface area contributed by atoms with Crippen LogP contribution in [-0.2, 0) is 7.05 Å². The molecule has 0 saturated heterocycles. The third-order valence-corrected chi connectivity index (χ3v) is 3.27. The van der Waals surface area contributed by atoms with E-state index in [1.54, 1.807) is 0 Å². The number of fused-ring (bicyclic) bond motifs is 1. The fourth-order valence-corrected chi connectivity index (χ4v) is 2.51. The van der Waals surface area contributed by atoms with Crippen LogP contribution in [0.1, 0.15) is 27.7 Å². The van der Waals surface area contributed by atoms with Gasteiger partial charge in [0.2, 0.25) is 0 Å². The molecule has 0 N–H and O–H groups in total. The molecule has 1 aromatic carbocycles. The average molecular weight is 259 g/mol. The van der Waals surface area contributed by atoms with Gasteiger partial charge in [-0.2, -0.15) is 5.10 Å². The first-order valence-corrected chi connectivity index (χ1v) is 7.14. The highest BCUT2D eigenvalue weighted by Crippen LogP contribution is 2.23. The van der Waals surface area contributed by atoms with E-state index in [4.69, 9.17) is 0 Å². The number of nitrogens with zero attached hydrogens (tertiary/aromatic N) is 3. The Hall–Kier alpha value is -1.51. The number of aromatic nitrogens is 2. The summed E-state index contributed by atoms with van der Waals surface area (Å²) < 4.78 is 1.92. The Morgan fingerprint density at radius 1 is 1.11 bits per heavy atom. The average Bonchev–Trinajstić information content (AvgIpc) is 2.69. The lowest BCUT2D eigenvalue weighted by molar-refractivity contribution is 0.553. The van der Waals surface area contributed by atoms with Crippen molar-refractivity contribution in [2.75, 3.05) is 18.0 Å². The van der Waals surface area contributed by atoms with Crippen LogP contribution in [0.2, 0.25) is 0 Å². The van der Waals surface area contributed by atoms with Crippen LogP contribution in [0.3, 0.4) is 0 Å². The van der Waals surface area contributed by atoms with Gasteiger partial charge in [-0.15, -0.1) is 0 Å². The van der Waals surface area contributed by atoms with Gasteiger partial charge in [0.05, 0.1) is 11.7 Å². The largest absolute Gasteiger partial charge is 0.371 e. The number of benzene rings is 1. The van der Waals surface area contributed by atoms with Crippen LogP contribution in [0.25, 0.3) is 10.9 Å². The molecule has 0 aliphatic carbocycles. The van der Waals surface area contributed by atoms with E-state index in [0.717, 1.165) is 13.1 Å². The van der Waals surface area contributed by atoms with Crippen LogP contribution in [-0.4, -0.2) is 22.9 Å². The lowest BCUT2D eigenvalue weighted by atomic mass is 10.1. The van der Waals surface area contributed by atoms with Crippen molar-refractivity contribution in [2.24, 2.45) is 18.9 Å². The summed E-state index contributed by atoms with van der Waals surface area (Å²) in [5, 5.41) is 5.54. The highest BCUT2D eigenvalue weighted by atomic mass is 15.2. The third kappa shape index (κ3) is 3.28. The van der Waals surface area contributed by atoms with E-state index >= 15 is 0 Å². The second-order valence-corrected chi connectivity index (χ2v) is 6.20. The lowest BCUT2D eigenvalue weighted by Gasteiger charge is -2.28. The first kappa shape index (κ1) is 13.9. The molecule has 0 radical (unpaired) electrons. The predicted octanol–water partition coefficient (Wildman–Crippen LogP) is 3.69. The van der Waals surface area contributed by atoms with Crippen LogP contribution in [0.4, 0.5) is 5.69 Å². The zero-order valence-corrected chi connectivity index (χ0v) is 12.7. The van der Waals surface area contributed by atoms with Crippen molar-refractivity contribution in [3.8, 4) is 0 Å². The molecule has 1 aromatic heterocycles. The molecule has 3 nitrogen and oxygen atoms in total. The summed E-state index contributed by atoms with van der Waals surface area (Å²) in [6.45, 7) is 11.3. The Balaban J connectivity index is 2.31. The lowest BCUT2D eigenvalue weighted by Crippen LogP contribution is -2.31. The third-order valence-electron chi connectivity index (χ3n) is 3.27. The maximum Gasteiger partial charge on any atom is 0.0680 e. The van der Waals surface area contributed by atoms with Crippen molar-refractivity contribution < 1.29 is 0 Å². The molecule has 0 aliphatic heterocycles. The molecule has 0 amide bonds. The maximum atomic E-state index is 4.32. The summed E-state index contributed by atoms with van der Waals surface area (Å²) in [6.07, 6.45) is 1.95. The highest BCUT2D eigenvalue weighted by Gasteiger charge is 2.11. The standard InChI is InChI=1S/C16H25N3/c1-12(2)10-19(11-13(3)4)15-6-7-16-14(8-15)9-17-18(16)5/h6-9,12-13H,10-11H2,1-5H3. The van der Waals surface area contributed by atoms with Gasteiger partial charge >= 0.3 is 0 Å². The molecule has 0 unspecified atom stereocenters. The minimum atomic E-state index is 0.670. The Kier molecular flexibility index (Phi) is 4.13. The van der Waals surface area contributed by atoms with E-state index in [0.29, 0.717) is 11.8 Å². The smallest absolute Gasteiger partial charge is 0.0680 e. The van der Waals surface area contributed by atoms with Crippen molar-refractivity contribution in [1.82, 2.24) is 9.78 Å². The molecular weight excluding hydrogens is 234 g/mol. The molecule has 104 valence electrons. The summed E-state index contributed by atoms with van der Waals surface area (Å²) >= 11 is 0. The number of hydrogen-bond acceptors (Lipinski definition) is 2. The topological polar surface area (TPSA) is 21.1 Å². The molecular formula is C16H25N3. The molecule has 0 atom stereocenters. The minimum Gasteiger partial charge on any atom is -0.371 e. The van der Waals surface area contributed by atoms with Gasteiger partial charge in [0.25, 0.3) is 0 Å². The normalized spacial score (nSPS) is 11.7. The van der Waals surface area contributed by atoms with Crippen molar-refractivity contribution in [3.63, 3.8) is 0 Å². The van der Waals surface area contributed by atoms with Crippen molar-refractivity contribution >= 4 is 16.6 Å². The predicted molar refractivity (Wildman–Crippen MR) is 82.6 cm³/mol. The molecule has 3 heteroatoms. The number of anilines is 1. The number of aryl methyl sites for hydroxylation is 1. The van der Waals surface area contributed by atoms with Crippen LogP contribution < -0.4 is 4.90 Å². The van der Waals surface area contributed by atoms with Crippen molar-refractivity contribution in [3.05, 3.63) is 24.4 Å². The van der Waals surface area contributed by atoms with Crippen LogP contribution in [0, 0.1) is 11.8 Å². The molecule has 0 fully saturated rings. The van der Waals surface area contributed by atoms with Crippen LogP contribution in [0.15, 0.2) is 24.4 Å². The quantitative estimate of drug-likeness (QED) is 0.816. The minimum absolute atomic E-state index is 0.670. The van der Waals surface area contributed by atoms with Gasteiger partial charge in [0.15, 0.2) is 0 Å². The van der Waals surface area contributed by atoms with Crippen LogP contribution >= 0.6 is 0 Å². The summed E-state index contributed by atoms with van der Waals surface area (Å²) in [7, 11) is 1.99. The van der Waals surface area contributed by atoms with Crippen molar-refractivity contribution in [2.45, 2.75) is 27.7 Å². The Morgan fingerprint density at radius 3 is 2.32 bits per heavy atom. The summed E-state index contributed by atoms with van der Waals surface area (Å²) in [4.78, 5) is 2.49. The number of hydrogen-bond donors (Lipinski definition) is 0. The maximum absolute atomic E-state index is 4.32. The Bertz CT molecular complexity index is 530. The number of rotatable bonds is 5. The Labute approximate surface area is 116 Å². The zero-order valence-electron chi connectivity index (χ0n) is 12.7. The molecule has 0 bridgehead atoms. The van der Waals surface area contributed by atoms with Gasteiger partial charge in [0, 0.05) is 31.2 Å². The zero-order chi connectivity index (χ0) is 14.0. The van der Waals surface area contributed by atoms with E-state index in [2.05, 4.69) is 55.9 Å². The van der Waals surface area contributed by atoms with Crippen molar-refractivity contribution in [1.29, 1.82) is 0 Å². The SMILES string of the molecule is CC(C)CN(CC(C)C)c1ccc2c(cnn2C)c1. The van der Waals surface area contributed by atoms with E-state index in [-0.39, 0.29) is 0 Å². The highest BCUT2D eigenvalue weighted by molar-refractivity contribution is 5.82. The van der Waals surface area contributed by atoms with E-state index in [1.165, 1.54) is 16.6 Å². The molecule has 0 spiro atoms. The molecule has 0 aliphatic rings. The molecule has 1 heterocycles. The fourth-order valence-electron chi connectivity index (χ4n) is 2.51. The monoisotopic (exact) mass is 259 g/mol. The summed E-state index contributed by atoms with van der Waals surface area (Å²) in [6, 6.07) is 6.65. The Morgan fingerprint density at radius 2 is 1.74 bits per heavy atom. The molecule has 0 saturated carbocycles. The summed E-state index contributed by atoms with van der Waals surface area (Å²) in [5.74, 6) is 1.34. The molecule has 19 heavy (non-hydrogen) atoms. The van der Waals surface area contributed by atoms with E-state index in [1.807, 2.05) is 17.9 Å². The first-order valence-electron chi connectivity index (χ1n) is 7.14. The second-order valence-electron chi connectivity index (χ2n) is 6.20. The van der Waals surface area contributed by atoms with Gasteiger partial charge in [-0.25, -0.2) is 0 Å². The molecule has 2 rings (SSSR count). The molecule has 2 aromatic rings. The van der Waals surface area contributed by atoms with Gasteiger partial charge in [-0.05, 0) is 30.0 Å². The fraction of sp³-hybridized carbons (Fsp3) is 0.562. The van der Waals surface area contributed by atoms with Gasteiger partial charge in [-0.1, -0.05) is 27.7 Å². The van der Waals surface area contributed by atoms with Gasteiger partial charge in [-0.3, -0.25) is 4.68 Å².